The Morgan fingerprint density at radius 3 is 2.43 bits per heavy atom. The van der Waals surface area contributed by atoms with Gasteiger partial charge in [-0.2, -0.15) is 0 Å². The highest BCUT2D eigenvalue weighted by Gasteiger charge is 2.14. The number of aliphatic hydroxyl groups excluding tert-OH is 1. The van der Waals surface area contributed by atoms with Crippen LogP contribution in [0.1, 0.15) is 6.42 Å². The molecule has 0 radical (unpaired) electrons. The number of aliphatic hydroxyl groups is 1. The van der Waals surface area contributed by atoms with Gasteiger partial charge in [0.25, 0.3) is 10.0 Å². The van der Waals surface area contributed by atoms with Crippen molar-refractivity contribution in [1.82, 2.24) is 9.97 Å². The first-order chi connectivity index (χ1) is 10.1. The molecule has 0 aliphatic heterocycles. The second-order valence-corrected chi connectivity index (χ2v) is 5.81. The summed E-state index contributed by atoms with van der Waals surface area (Å²) in [5.41, 5.74) is 0.292. The molecule has 7 nitrogen and oxygen atoms in total. The van der Waals surface area contributed by atoms with E-state index in [4.69, 9.17) is 9.84 Å². The van der Waals surface area contributed by atoms with Crippen molar-refractivity contribution in [2.45, 2.75) is 11.3 Å². The summed E-state index contributed by atoms with van der Waals surface area (Å²) in [4.78, 5) is 7.59. The fourth-order valence-electron chi connectivity index (χ4n) is 1.54. The van der Waals surface area contributed by atoms with Crippen molar-refractivity contribution in [3.63, 3.8) is 0 Å². The first kappa shape index (κ1) is 15.2. The number of nitrogens with one attached hydrogen (secondary N) is 1. The molecule has 1 aromatic heterocycles. The van der Waals surface area contributed by atoms with Crippen LogP contribution in [0.2, 0.25) is 0 Å². The quantitative estimate of drug-likeness (QED) is 0.741. The number of hydrogen-bond donors (Lipinski definition) is 2. The molecule has 0 amide bonds. The van der Waals surface area contributed by atoms with Crippen molar-refractivity contribution in [2.24, 2.45) is 0 Å². The first-order valence-electron chi connectivity index (χ1n) is 6.23. The lowest BCUT2D eigenvalue weighted by atomic mass is 10.3. The van der Waals surface area contributed by atoms with E-state index in [1.807, 2.05) is 0 Å². The van der Waals surface area contributed by atoms with Crippen molar-refractivity contribution in [2.75, 3.05) is 17.9 Å². The largest absolute Gasteiger partial charge is 0.494 e. The van der Waals surface area contributed by atoms with Crippen LogP contribution in [-0.4, -0.2) is 36.7 Å². The van der Waals surface area contributed by atoms with Gasteiger partial charge in [0.05, 0.1) is 29.6 Å². The lowest BCUT2D eigenvalue weighted by Crippen LogP contribution is -2.13. The number of anilines is 1. The molecule has 2 rings (SSSR count). The van der Waals surface area contributed by atoms with E-state index in [2.05, 4.69) is 14.7 Å². The molecule has 1 heterocycles. The van der Waals surface area contributed by atoms with Crippen molar-refractivity contribution in [3.8, 4) is 5.75 Å². The minimum Gasteiger partial charge on any atom is -0.494 e. The van der Waals surface area contributed by atoms with Crippen LogP contribution >= 0.6 is 0 Å². The number of ether oxygens (including phenoxy) is 1. The van der Waals surface area contributed by atoms with Gasteiger partial charge in [0.2, 0.25) is 0 Å². The van der Waals surface area contributed by atoms with Gasteiger partial charge in [-0.3, -0.25) is 4.72 Å². The molecule has 0 atom stereocenters. The predicted octanol–water partition coefficient (Wildman–Crippen LogP) is 1.04. The molecular formula is C13H15N3O4S. The smallest absolute Gasteiger partial charge is 0.261 e. The van der Waals surface area contributed by atoms with Crippen molar-refractivity contribution >= 4 is 15.7 Å². The molecule has 0 aliphatic carbocycles. The monoisotopic (exact) mass is 309 g/mol. The van der Waals surface area contributed by atoms with Gasteiger partial charge in [0.1, 0.15) is 12.1 Å². The van der Waals surface area contributed by atoms with E-state index < -0.39 is 10.0 Å². The highest BCUT2D eigenvalue weighted by atomic mass is 32.2. The standard InChI is InChI=1S/C13H15N3O4S/c17-6-1-7-20-12-2-4-13(5-3-12)21(18,19)16-11-8-14-10-15-9-11/h2-5,8-10,16-17H,1,6-7H2. The number of benzene rings is 1. The van der Waals surface area contributed by atoms with E-state index in [9.17, 15) is 8.42 Å². The SMILES string of the molecule is O=S(=O)(Nc1cncnc1)c1ccc(OCCCO)cc1. The Labute approximate surface area is 122 Å². The molecule has 2 aromatic rings. The van der Waals surface area contributed by atoms with Gasteiger partial charge in [0.15, 0.2) is 0 Å². The van der Waals surface area contributed by atoms with Gasteiger partial charge in [-0.15, -0.1) is 0 Å². The van der Waals surface area contributed by atoms with Gasteiger partial charge in [-0.05, 0) is 24.3 Å². The summed E-state index contributed by atoms with van der Waals surface area (Å²) in [6.07, 6.45) is 4.58. The fraction of sp³-hybridized carbons (Fsp3) is 0.231. The van der Waals surface area contributed by atoms with E-state index in [0.29, 0.717) is 24.5 Å². The third-order valence-corrected chi connectivity index (χ3v) is 3.92. The first-order valence-corrected chi connectivity index (χ1v) is 7.72. The summed E-state index contributed by atoms with van der Waals surface area (Å²) in [5.74, 6) is 0.547. The Morgan fingerprint density at radius 1 is 1.14 bits per heavy atom. The van der Waals surface area contributed by atoms with E-state index in [0.717, 1.165) is 0 Å². The third-order valence-electron chi connectivity index (χ3n) is 2.52. The molecular weight excluding hydrogens is 294 g/mol. The Hall–Kier alpha value is -2.19. The second kappa shape index (κ2) is 7.00. The number of nitrogens with zero attached hydrogens (tertiary/aromatic N) is 2. The lowest BCUT2D eigenvalue weighted by molar-refractivity contribution is 0.233. The molecule has 0 fully saturated rings. The number of sulfonamides is 1. The summed E-state index contributed by atoms with van der Waals surface area (Å²) in [6.45, 7) is 0.428. The maximum absolute atomic E-state index is 12.1. The zero-order valence-corrected chi connectivity index (χ0v) is 12.0. The van der Waals surface area contributed by atoms with Crippen molar-refractivity contribution in [1.29, 1.82) is 0 Å². The van der Waals surface area contributed by atoms with Crippen molar-refractivity contribution < 1.29 is 18.3 Å². The van der Waals surface area contributed by atoms with E-state index in [1.165, 1.54) is 30.9 Å². The molecule has 0 aliphatic rings. The minimum atomic E-state index is -3.68. The Kier molecular flexibility index (Phi) is 5.07. The minimum absolute atomic E-state index is 0.0511. The number of rotatable bonds is 7. The molecule has 1 aromatic carbocycles. The van der Waals surface area contributed by atoms with E-state index in [-0.39, 0.29) is 11.5 Å². The van der Waals surface area contributed by atoms with Crippen LogP contribution in [0.4, 0.5) is 5.69 Å². The maximum Gasteiger partial charge on any atom is 0.261 e. The van der Waals surface area contributed by atoms with Crippen LogP contribution in [-0.2, 0) is 10.0 Å². The van der Waals surface area contributed by atoms with Gasteiger partial charge in [-0.25, -0.2) is 18.4 Å². The lowest BCUT2D eigenvalue weighted by Gasteiger charge is -2.09. The average molecular weight is 309 g/mol. The molecule has 0 spiro atoms. The van der Waals surface area contributed by atoms with E-state index in [1.54, 1.807) is 12.1 Å². The van der Waals surface area contributed by atoms with Crippen molar-refractivity contribution in [3.05, 3.63) is 43.0 Å². The Morgan fingerprint density at radius 2 is 1.81 bits per heavy atom. The highest BCUT2D eigenvalue weighted by Crippen LogP contribution is 2.18. The Bertz CT molecular complexity index is 660. The highest BCUT2D eigenvalue weighted by molar-refractivity contribution is 7.92. The summed E-state index contributed by atoms with van der Waals surface area (Å²) in [7, 11) is -3.68. The zero-order valence-electron chi connectivity index (χ0n) is 11.1. The molecule has 0 unspecified atom stereocenters. The predicted molar refractivity (Wildman–Crippen MR) is 76.5 cm³/mol. The number of hydrogen-bond acceptors (Lipinski definition) is 6. The molecule has 112 valence electrons. The molecule has 2 N–H and O–H groups in total. The van der Waals surface area contributed by atoms with Crippen LogP contribution in [0.3, 0.4) is 0 Å². The summed E-state index contributed by atoms with van der Waals surface area (Å²) in [6, 6.07) is 6.02. The van der Waals surface area contributed by atoms with Crippen LogP contribution < -0.4 is 9.46 Å². The Balaban J connectivity index is 2.06. The maximum atomic E-state index is 12.1. The van der Waals surface area contributed by atoms with Gasteiger partial charge in [0, 0.05) is 13.0 Å². The topological polar surface area (TPSA) is 101 Å². The molecule has 0 bridgehead atoms. The molecule has 8 heteroatoms. The third kappa shape index (κ3) is 4.40. The number of aromatic nitrogens is 2. The fourth-order valence-corrected chi connectivity index (χ4v) is 2.56. The van der Waals surface area contributed by atoms with Crippen LogP contribution in [0.5, 0.6) is 5.75 Å². The van der Waals surface area contributed by atoms with E-state index >= 15 is 0 Å². The average Bonchev–Trinajstić information content (AvgIpc) is 2.49. The normalized spacial score (nSPS) is 11.1. The summed E-state index contributed by atoms with van der Waals surface area (Å²) in [5, 5.41) is 8.66. The summed E-state index contributed by atoms with van der Waals surface area (Å²) >= 11 is 0. The van der Waals surface area contributed by atoms with Gasteiger partial charge >= 0.3 is 0 Å². The van der Waals surface area contributed by atoms with Crippen LogP contribution in [0, 0.1) is 0 Å². The second-order valence-electron chi connectivity index (χ2n) is 4.13. The van der Waals surface area contributed by atoms with Crippen LogP contribution in [0.15, 0.2) is 47.9 Å². The molecule has 0 saturated carbocycles. The summed E-state index contributed by atoms with van der Waals surface area (Å²) < 4.78 is 32.0. The zero-order chi connectivity index (χ0) is 15.1. The molecule has 21 heavy (non-hydrogen) atoms. The van der Waals surface area contributed by atoms with Gasteiger partial charge in [-0.1, -0.05) is 0 Å². The van der Waals surface area contributed by atoms with Crippen LogP contribution in [0.25, 0.3) is 0 Å². The molecule has 0 saturated heterocycles. The van der Waals surface area contributed by atoms with Gasteiger partial charge < -0.3 is 9.84 Å².